The Bertz CT molecular complexity index is 224. The van der Waals surface area contributed by atoms with Crippen molar-refractivity contribution >= 4 is 5.97 Å². The number of carboxylic acids is 1. The van der Waals surface area contributed by atoms with Crippen LogP contribution in [-0.4, -0.2) is 11.1 Å². The van der Waals surface area contributed by atoms with Crippen LogP contribution >= 0.6 is 0 Å². The Morgan fingerprint density at radius 1 is 1.58 bits per heavy atom. The molecule has 0 radical (unpaired) electrons. The van der Waals surface area contributed by atoms with E-state index in [2.05, 4.69) is 13.8 Å². The van der Waals surface area contributed by atoms with E-state index in [1.807, 2.05) is 0 Å². The first-order valence-electron chi connectivity index (χ1n) is 4.80. The molecule has 2 saturated carbocycles. The van der Waals surface area contributed by atoms with Crippen molar-refractivity contribution in [1.29, 1.82) is 0 Å². The molecule has 0 aromatic heterocycles. The molecule has 0 heterocycles. The molecule has 2 aliphatic carbocycles. The summed E-state index contributed by atoms with van der Waals surface area (Å²) >= 11 is 0. The molecule has 12 heavy (non-hydrogen) atoms. The summed E-state index contributed by atoms with van der Waals surface area (Å²) in [6.45, 7) is 4.34. The molecule has 0 aromatic carbocycles. The van der Waals surface area contributed by atoms with E-state index in [0.717, 1.165) is 6.42 Å². The lowest BCUT2D eigenvalue weighted by molar-refractivity contribution is -0.139. The largest absolute Gasteiger partial charge is 0.481 e. The lowest BCUT2D eigenvalue weighted by Gasteiger charge is -2.21. The van der Waals surface area contributed by atoms with Gasteiger partial charge in [0.05, 0.1) is 5.92 Å². The fourth-order valence-corrected chi connectivity index (χ4v) is 3.32. The van der Waals surface area contributed by atoms with Gasteiger partial charge in [-0.25, -0.2) is 0 Å². The van der Waals surface area contributed by atoms with Crippen molar-refractivity contribution in [2.24, 2.45) is 23.2 Å². The van der Waals surface area contributed by atoms with Gasteiger partial charge in [0.2, 0.25) is 0 Å². The molecule has 1 N–H and O–H groups in total. The Labute approximate surface area is 73.0 Å². The van der Waals surface area contributed by atoms with E-state index in [4.69, 9.17) is 5.11 Å². The van der Waals surface area contributed by atoms with Crippen LogP contribution in [0, 0.1) is 23.2 Å². The number of aliphatic carboxylic acids is 1. The summed E-state index contributed by atoms with van der Waals surface area (Å²) in [5.74, 6) is 0.500. The van der Waals surface area contributed by atoms with Crippen molar-refractivity contribution in [3.8, 4) is 0 Å². The minimum atomic E-state index is -0.573. The van der Waals surface area contributed by atoms with Gasteiger partial charge in [0.25, 0.3) is 0 Å². The van der Waals surface area contributed by atoms with Gasteiger partial charge in [-0.1, -0.05) is 26.7 Å². The van der Waals surface area contributed by atoms with E-state index < -0.39 is 5.97 Å². The molecule has 4 unspecified atom stereocenters. The molecule has 0 aliphatic heterocycles. The monoisotopic (exact) mass is 168 g/mol. The van der Waals surface area contributed by atoms with Crippen molar-refractivity contribution < 1.29 is 9.90 Å². The fourth-order valence-electron chi connectivity index (χ4n) is 3.32. The van der Waals surface area contributed by atoms with Gasteiger partial charge >= 0.3 is 5.97 Å². The average Bonchev–Trinajstić information content (AvgIpc) is 2.57. The predicted molar refractivity (Wildman–Crippen MR) is 45.7 cm³/mol. The van der Waals surface area contributed by atoms with Gasteiger partial charge in [-0.05, 0) is 23.7 Å². The molecular formula is C10H16O2. The van der Waals surface area contributed by atoms with Crippen molar-refractivity contribution in [3.63, 3.8) is 0 Å². The summed E-state index contributed by atoms with van der Waals surface area (Å²) in [4.78, 5) is 10.9. The van der Waals surface area contributed by atoms with Crippen LogP contribution in [0.25, 0.3) is 0 Å². The SMILES string of the molecule is CC1CCCC2(C)C(C(=O)O)C12. The molecule has 0 aromatic rings. The van der Waals surface area contributed by atoms with Crippen LogP contribution in [0.3, 0.4) is 0 Å². The zero-order chi connectivity index (χ0) is 8.93. The fraction of sp³-hybridized carbons (Fsp3) is 0.900. The van der Waals surface area contributed by atoms with Gasteiger partial charge in [-0.2, -0.15) is 0 Å². The van der Waals surface area contributed by atoms with Crippen molar-refractivity contribution in [2.75, 3.05) is 0 Å². The second-order valence-electron chi connectivity index (χ2n) is 4.72. The number of carbonyl (C=O) groups is 1. The lowest BCUT2D eigenvalue weighted by Crippen LogP contribution is -2.12. The van der Waals surface area contributed by atoms with Crippen LogP contribution < -0.4 is 0 Å². The van der Waals surface area contributed by atoms with Crippen LogP contribution in [0.15, 0.2) is 0 Å². The van der Waals surface area contributed by atoms with Crippen LogP contribution in [-0.2, 0) is 4.79 Å². The Morgan fingerprint density at radius 3 is 2.75 bits per heavy atom. The number of carboxylic acid groups (broad SMARTS) is 1. The highest BCUT2D eigenvalue weighted by Gasteiger charge is 2.67. The average molecular weight is 168 g/mol. The first-order valence-corrected chi connectivity index (χ1v) is 4.80. The van der Waals surface area contributed by atoms with Crippen molar-refractivity contribution in [2.45, 2.75) is 33.1 Å². The van der Waals surface area contributed by atoms with Gasteiger partial charge in [0.15, 0.2) is 0 Å². The summed E-state index contributed by atoms with van der Waals surface area (Å²) in [6.07, 6.45) is 3.57. The number of fused-ring (bicyclic) bond motifs is 1. The maximum Gasteiger partial charge on any atom is 0.307 e. The lowest BCUT2D eigenvalue weighted by atomic mass is 9.84. The Morgan fingerprint density at radius 2 is 2.25 bits per heavy atom. The highest BCUT2D eigenvalue weighted by atomic mass is 16.4. The molecule has 0 spiro atoms. The zero-order valence-corrected chi connectivity index (χ0v) is 7.71. The molecule has 68 valence electrons. The van der Waals surface area contributed by atoms with Crippen LogP contribution in [0.4, 0.5) is 0 Å². The van der Waals surface area contributed by atoms with Crippen LogP contribution in [0.1, 0.15) is 33.1 Å². The molecule has 2 heteroatoms. The molecule has 0 amide bonds. The van der Waals surface area contributed by atoms with E-state index in [0.29, 0.717) is 11.8 Å². The summed E-state index contributed by atoms with van der Waals surface area (Å²) < 4.78 is 0. The first kappa shape index (κ1) is 8.09. The summed E-state index contributed by atoms with van der Waals surface area (Å²) in [5.41, 5.74) is 0.156. The van der Waals surface area contributed by atoms with E-state index >= 15 is 0 Å². The third-order valence-corrected chi connectivity index (χ3v) is 3.98. The van der Waals surface area contributed by atoms with E-state index in [1.165, 1.54) is 12.8 Å². The normalized spacial score (nSPS) is 51.3. The molecule has 4 atom stereocenters. The predicted octanol–water partition coefficient (Wildman–Crippen LogP) is 2.14. The molecule has 2 rings (SSSR count). The van der Waals surface area contributed by atoms with Gasteiger partial charge < -0.3 is 5.11 Å². The van der Waals surface area contributed by atoms with Crippen molar-refractivity contribution in [3.05, 3.63) is 0 Å². The third-order valence-electron chi connectivity index (χ3n) is 3.98. The van der Waals surface area contributed by atoms with Crippen molar-refractivity contribution in [1.82, 2.24) is 0 Å². The smallest absolute Gasteiger partial charge is 0.307 e. The maximum absolute atomic E-state index is 10.9. The molecule has 0 bridgehead atoms. The van der Waals surface area contributed by atoms with Crippen LogP contribution in [0.2, 0.25) is 0 Å². The molecular weight excluding hydrogens is 152 g/mol. The summed E-state index contributed by atoms with van der Waals surface area (Å²) in [7, 11) is 0. The second kappa shape index (κ2) is 2.24. The highest BCUT2D eigenvalue weighted by Crippen LogP contribution is 2.67. The standard InChI is InChI=1S/C10H16O2/c1-6-4-3-5-10(2)7(6)8(10)9(11)12/h6-8H,3-5H2,1-2H3,(H,11,12). The topological polar surface area (TPSA) is 37.3 Å². The minimum absolute atomic E-state index is 0.0324. The first-order chi connectivity index (χ1) is 5.57. The summed E-state index contributed by atoms with van der Waals surface area (Å²) in [5, 5.41) is 8.97. The van der Waals surface area contributed by atoms with E-state index in [1.54, 1.807) is 0 Å². The number of hydrogen-bond acceptors (Lipinski definition) is 1. The highest BCUT2D eigenvalue weighted by molar-refractivity contribution is 5.75. The Balaban J connectivity index is 2.17. The van der Waals surface area contributed by atoms with Crippen LogP contribution in [0.5, 0.6) is 0 Å². The second-order valence-corrected chi connectivity index (χ2v) is 4.72. The third kappa shape index (κ3) is 0.838. The molecule has 2 aliphatic rings. The van der Waals surface area contributed by atoms with E-state index in [-0.39, 0.29) is 11.3 Å². The summed E-state index contributed by atoms with van der Waals surface area (Å²) in [6, 6.07) is 0. The quantitative estimate of drug-likeness (QED) is 0.651. The van der Waals surface area contributed by atoms with Gasteiger partial charge in [0.1, 0.15) is 0 Å². The number of hydrogen-bond donors (Lipinski definition) is 1. The Kier molecular flexibility index (Phi) is 1.51. The molecule has 2 nitrogen and oxygen atoms in total. The molecule has 0 saturated heterocycles. The maximum atomic E-state index is 10.9. The zero-order valence-electron chi connectivity index (χ0n) is 7.71. The Hall–Kier alpha value is -0.530. The van der Waals surface area contributed by atoms with Gasteiger partial charge in [-0.3, -0.25) is 4.79 Å². The van der Waals surface area contributed by atoms with Gasteiger partial charge in [-0.15, -0.1) is 0 Å². The minimum Gasteiger partial charge on any atom is -0.481 e. The van der Waals surface area contributed by atoms with Gasteiger partial charge in [0, 0.05) is 0 Å². The van der Waals surface area contributed by atoms with E-state index in [9.17, 15) is 4.79 Å². The number of rotatable bonds is 1. The molecule has 2 fully saturated rings.